The number of carbonyl (C=O) groups excluding carboxylic acids is 6. The zero-order valence-electron chi connectivity index (χ0n) is 28.2. The number of rotatable bonds is 19. The Labute approximate surface area is 290 Å². The smallest absolute Gasteiger partial charge is 0.306 e. The lowest BCUT2D eigenvalue weighted by molar-refractivity contribution is -0.148. The van der Waals surface area contributed by atoms with Gasteiger partial charge in [0.15, 0.2) is 5.78 Å². The highest BCUT2D eigenvalue weighted by Gasteiger charge is 2.34. The van der Waals surface area contributed by atoms with Crippen LogP contribution < -0.4 is 16.4 Å². The first-order chi connectivity index (χ1) is 24.0. The van der Waals surface area contributed by atoms with Gasteiger partial charge in [-0.15, -0.1) is 0 Å². The van der Waals surface area contributed by atoms with Crippen molar-refractivity contribution in [3.05, 3.63) is 102 Å². The summed E-state index contributed by atoms with van der Waals surface area (Å²) < 4.78 is 5.40. The van der Waals surface area contributed by atoms with Crippen molar-refractivity contribution in [2.45, 2.75) is 58.6 Å². The lowest BCUT2D eigenvalue weighted by atomic mass is 9.92. The van der Waals surface area contributed by atoms with E-state index in [0.29, 0.717) is 12.1 Å². The third-order valence-corrected chi connectivity index (χ3v) is 8.68. The molecule has 0 aliphatic heterocycles. The van der Waals surface area contributed by atoms with Gasteiger partial charge in [0, 0.05) is 30.7 Å². The number of nitrogens with one attached hydrogen (secondary N) is 3. The molecule has 12 heteroatoms. The van der Waals surface area contributed by atoms with Gasteiger partial charge in [0.25, 0.3) is 5.91 Å². The molecule has 4 rings (SSSR count). The number of aromatic amines is 1. The zero-order chi connectivity index (χ0) is 36.0. The van der Waals surface area contributed by atoms with Crippen molar-refractivity contribution in [3.63, 3.8) is 0 Å². The van der Waals surface area contributed by atoms with Gasteiger partial charge in [-0.05, 0) is 34.2 Å². The van der Waals surface area contributed by atoms with Crippen molar-refractivity contribution in [2.75, 3.05) is 6.54 Å². The first kappa shape index (κ1) is 37.2. The molecule has 1 unspecified atom stereocenters. The minimum Gasteiger partial charge on any atom is -0.461 e. The van der Waals surface area contributed by atoms with Crippen LogP contribution in [0.2, 0.25) is 0 Å². The Balaban J connectivity index is 1.35. The van der Waals surface area contributed by atoms with Crippen LogP contribution in [0.15, 0.2) is 85.3 Å². The molecule has 0 aliphatic carbocycles. The number of benzene rings is 3. The number of aromatic nitrogens is 2. The first-order valence-corrected chi connectivity index (χ1v) is 16.6. The lowest BCUT2D eigenvalue weighted by Crippen LogP contribution is -2.53. The average molecular weight is 682 g/mol. The van der Waals surface area contributed by atoms with Gasteiger partial charge < -0.3 is 26.1 Å². The van der Waals surface area contributed by atoms with Gasteiger partial charge in [0.1, 0.15) is 6.61 Å². The second-order valence-electron chi connectivity index (χ2n) is 12.5. The van der Waals surface area contributed by atoms with E-state index < -0.39 is 65.6 Å². The highest BCUT2D eigenvalue weighted by Crippen LogP contribution is 2.20. The Morgan fingerprint density at radius 3 is 2.26 bits per heavy atom. The number of fused-ring (bicyclic) bond motifs is 1. The maximum Gasteiger partial charge on any atom is 0.306 e. The van der Waals surface area contributed by atoms with Crippen LogP contribution in [-0.4, -0.2) is 57.8 Å². The molecule has 262 valence electrons. The molecule has 50 heavy (non-hydrogen) atoms. The van der Waals surface area contributed by atoms with Crippen molar-refractivity contribution in [1.29, 1.82) is 0 Å². The van der Waals surface area contributed by atoms with E-state index in [-0.39, 0.29) is 32.3 Å². The normalized spacial score (nSPS) is 13.4. The van der Waals surface area contributed by atoms with Crippen LogP contribution in [0.1, 0.15) is 49.9 Å². The molecule has 3 aromatic carbocycles. The van der Waals surface area contributed by atoms with E-state index in [4.69, 9.17) is 10.5 Å². The van der Waals surface area contributed by atoms with Crippen LogP contribution in [-0.2, 0) is 53.0 Å². The Hall–Kier alpha value is -5.65. The fraction of sp³-hybridized carbons (Fsp3) is 0.342. The molecule has 0 bridgehead atoms. The number of H-pyrrole nitrogens is 1. The number of imidazole rings is 1. The van der Waals surface area contributed by atoms with Crippen LogP contribution in [0.5, 0.6) is 0 Å². The molecule has 0 aliphatic rings. The molecule has 3 amide bonds. The molecule has 4 atom stereocenters. The minimum absolute atomic E-state index is 0.0363. The van der Waals surface area contributed by atoms with Crippen LogP contribution >= 0.6 is 0 Å². The van der Waals surface area contributed by atoms with E-state index in [2.05, 4.69) is 20.6 Å². The van der Waals surface area contributed by atoms with Crippen LogP contribution in [0.3, 0.4) is 0 Å². The molecule has 0 radical (unpaired) electrons. The summed E-state index contributed by atoms with van der Waals surface area (Å²) >= 11 is 0. The van der Waals surface area contributed by atoms with Crippen molar-refractivity contribution in [1.82, 2.24) is 20.6 Å². The van der Waals surface area contributed by atoms with Crippen molar-refractivity contribution in [3.8, 4) is 0 Å². The molecule has 0 saturated heterocycles. The van der Waals surface area contributed by atoms with Gasteiger partial charge >= 0.3 is 5.97 Å². The van der Waals surface area contributed by atoms with Crippen molar-refractivity contribution >= 4 is 46.0 Å². The quantitative estimate of drug-likeness (QED) is 0.0855. The topological polar surface area (TPSA) is 190 Å². The maximum absolute atomic E-state index is 13.6. The molecule has 0 saturated carbocycles. The second kappa shape index (κ2) is 18.2. The molecule has 0 spiro atoms. The standard InChI is InChI=1S/C38H43N5O7/c1-3-24(2)34(43-37(48)30(17-31-20-40-23-42-31)19-33(45)50-22-25-9-5-4-6-10-25)35(46)38(49)41-21-32(44)18-29(36(39)47)16-26-13-14-27-11-7-8-12-28(27)15-26/h4-15,20,23-24,29-30,34H,3,16-19,21-22H2,1-2H3,(H2,39,47)(H,40,42)(H,41,49)(H,43,48)/t24-,29+,30+,34?/m0/s1. The molecule has 4 aromatic rings. The number of hydrogen-bond donors (Lipinski definition) is 4. The fourth-order valence-electron chi connectivity index (χ4n) is 5.57. The third kappa shape index (κ3) is 10.9. The predicted molar refractivity (Wildman–Crippen MR) is 186 cm³/mol. The van der Waals surface area contributed by atoms with E-state index in [9.17, 15) is 28.8 Å². The number of ether oxygens (including phenoxy) is 1. The number of primary amides is 1. The van der Waals surface area contributed by atoms with Crippen LogP contribution in [0.25, 0.3) is 10.8 Å². The second-order valence-corrected chi connectivity index (χ2v) is 12.5. The van der Waals surface area contributed by atoms with Gasteiger partial charge in [-0.2, -0.15) is 0 Å². The van der Waals surface area contributed by atoms with Gasteiger partial charge in [0.2, 0.25) is 17.6 Å². The summed E-state index contributed by atoms with van der Waals surface area (Å²) in [6.45, 7) is 3.06. The molecule has 1 heterocycles. The van der Waals surface area contributed by atoms with Gasteiger partial charge in [-0.25, -0.2) is 4.98 Å². The Kier molecular flexibility index (Phi) is 13.5. The molecule has 0 fully saturated rings. The zero-order valence-corrected chi connectivity index (χ0v) is 28.2. The lowest BCUT2D eigenvalue weighted by Gasteiger charge is -2.25. The summed E-state index contributed by atoms with van der Waals surface area (Å²) in [7, 11) is 0. The van der Waals surface area contributed by atoms with E-state index in [1.54, 1.807) is 13.8 Å². The Morgan fingerprint density at radius 2 is 1.58 bits per heavy atom. The predicted octanol–water partition coefficient (Wildman–Crippen LogP) is 3.37. The summed E-state index contributed by atoms with van der Waals surface area (Å²) in [5.41, 5.74) is 7.84. The third-order valence-electron chi connectivity index (χ3n) is 8.68. The number of esters is 1. The number of nitrogens with zero attached hydrogens (tertiary/aromatic N) is 1. The largest absolute Gasteiger partial charge is 0.461 e. The van der Waals surface area contributed by atoms with Gasteiger partial charge in [-0.3, -0.25) is 28.8 Å². The number of carbonyl (C=O) groups is 6. The van der Waals surface area contributed by atoms with Crippen LogP contribution in [0, 0.1) is 17.8 Å². The molecule has 12 nitrogen and oxygen atoms in total. The number of Topliss-reactive ketones (excluding diaryl/α,β-unsaturated/α-hetero) is 2. The summed E-state index contributed by atoms with van der Waals surface area (Å²) in [6, 6.07) is 21.4. The molecular weight excluding hydrogens is 638 g/mol. The maximum atomic E-state index is 13.6. The monoisotopic (exact) mass is 681 g/mol. The summed E-state index contributed by atoms with van der Waals surface area (Å²) in [5, 5.41) is 7.05. The summed E-state index contributed by atoms with van der Waals surface area (Å²) in [5.74, 6) is -6.53. The van der Waals surface area contributed by atoms with E-state index in [1.807, 2.05) is 72.8 Å². The highest BCUT2D eigenvalue weighted by molar-refractivity contribution is 6.38. The van der Waals surface area contributed by atoms with Gasteiger partial charge in [-0.1, -0.05) is 93.1 Å². The van der Waals surface area contributed by atoms with E-state index in [0.717, 1.165) is 21.9 Å². The molecule has 1 aromatic heterocycles. The number of ketones is 2. The Morgan fingerprint density at radius 1 is 0.860 bits per heavy atom. The van der Waals surface area contributed by atoms with Gasteiger partial charge in [0.05, 0.1) is 31.3 Å². The summed E-state index contributed by atoms with van der Waals surface area (Å²) in [6.07, 6.45) is 3.27. The summed E-state index contributed by atoms with van der Waals surface area (Å²) in [4.78, 5) is 84.7. The first-order valence-electron chi connectivity index (χ1n) is 16.6. The molecule has 5 N–H and O–H groups in total. The fourth-order valence-corrected chi connectivity index (χ4v) is 5.57. The number of amides is 3. The van der Waals surface area contributed by atoms with Crippen LogP contribution in [0.4, 0.5) is 0 Å². The Bertz CT molecular complexity index is 1790. The van der Waals surface area contributed by atoms with Crippen molar-refractivity contribution in [2.24, 2.45) is 23.5 Å². The SMILES string of the molecule is CC[C@H](C)C(NC(=O)[C@@H](CC(=O)OCc1ccccc1)Cc1cnc[nH]1)C(=O)C(=O)NCC(=O)C[C@@H](Cc1ccc2ccccc2c1)C(N)=O. The minimum atomic E-state index is -1.22. The number of nitrogens with two attached hydrogens (primary N) is 1. The van der Waals surface area contributed by atoms with E-state index in [1.165, 1.54) is 12.5 Å². The van der Waals surface area contributed by atoms with Crippen molar-refractivity contribution < 1.29 is 33.5 Å². The highest BCUT2D eigenvalue weighted by atomic mass is 16.5. The number of hydrogen-bond acceptors (Lipinski definition) is 8. The average Bonchev–Trinajstić information content (AvgIpc) is 3.64. The van der Waals surface area contributed by atoms with E-state index >= 15 is 0 Å². The molecular formula is C38H43N5O7.